The van der Waals surface area contributed by atoms with Crippen molar-refractivity contribution in [1.82, 2.24) is 4.90 Å². The summed E-state index contributed by atoms with van der Waals surface area (Å²) in [4.78, 5) is 37.5. The zero-order chi connectivity index (χ0) is 24.9. The molecule has 3 aromatic carbocycles. The fraction of sp³-hybridized carbons (Fsp3) is 0.120. The highest BCUT2D eigenvalue weighted by Gasteiger charge is 2.36. The first-order chi connectivity index (χ1) is 16.9. The molecule has 1 heterocycles. The summed E-state index contributed by atoms with van der Waals surface area (Å²) in [6.07, 6.45) is 1.58. The van der Waals surface area contributed by atoms with Crippen molar-refractivity contribution in [3.63, 3.8) is 0 Å². The lowest BCUT2D eigenvalue weighted by Gasteiger charge is -2.14. The molecule has 0 unspecified atom stereocenters. The summed E-state index contributed by atoms with van der Waals surface area (Å²) in [6.45, 7) is 0.165. The van der Waals surface area contributed by atoms with Gasteiger partial charge in [-0.2, -0.15) is 0 Å². The molecule has 1 aliphatic heterocycles. The summed E-state index contributed by atoms with van der Waals surface area (Å²) in [5, 5.41) is 10.8. The third-order valence-electron chi connectivity index (χ3n) is 5.17. The third kappa shape index (κ3) is 5.55. The normalized spacial score (nSPS) is 14.5. The number of thioether (sulfide) groups is 1. The number of carbonyl (C=O) groups excluding carboxylic acids is 2. The monoisotopic (exact) mass is 554 g/mol. The second-order valence-electron chi connectivity index (χ2n) is 7.46. The van der Waals surface area contributed by atoms with Gasteiger partial charge >= 0.3 is 0 Å². The highest BCUT2D eigenvalue weighted by molar-refractivity contribution is 9.10. The van der Waals surface area contributed by atoms with Gasteiger partial charge in [0.15, 0.2) is 11.5 Å². The Morgan fingerprint density at radius 3 is 2.51 bits per heavy atom. The molecule has 4 rings (SSSR count). The molecule has 178 valence electrons. The Labute approximate surface area is 213 Å². The SMILES string of the molecule is COc1cc(/C=C2\SC(=O)N(Cc3ccccc3[N+](=O)[O-])C2=O)cc(Br)c1OCc1ccccc1. The van der Waals surface area contributed by atoms with E-state index in [4.69, 9.17) is 9.47 Å². The Hall–Kier alpha value is -3.63. The Morgan fingerprint density at radius 2 is 1.80 bits per heavy atom. The molecule has 10 heteroatoms. The average Bonchev–Trinajstić information content (AvgIpc) is 3.11. The lowest BCUT2D eigenvalue weighted by molar-refractivity contribution is -0.385. The minimum absolute atomic E-state index is 0.143. The Balaban J connectivity index is 1.55. The van der Waals surface area contributed by atoms with Crippen LogP contribution in [-0.4, -0.2) is 28.1 Å². The highest BCUT2D eigenvalue weighted by Crippen LogP contribution is 2.40. The first-order valence-electron chi connectivity index (χ1n) is 10.4. The van der Waals surface area contributed by atoms with Crippen LogP contribution in [0.15, 0.2) is 76.1 Å². The van der Waals surface area contributed by atoms with Crippen molar-refractivity contribution in [3.05, 3.63) is 103 Å². The first-order valence-corrected chi connectivity index (χ1v) is 12.0. The van der Waals surface area contributed by atoms with Gasteiger partial charge in [-0.25, -0.2) is 0 Å². The van der Waals surface area contributed by atoms with Crippen LogP contribution in [0.4, 0.5) is 10.5 Å². The van der Waals surface area contributed by atoms with Crippen LogP contribution in [0.3, 0.4) is 0 Å². The van der Waals surface area contributed by atoms with Crippen LogP contribution >= 0.6 is 27.7 Å². The number of carbonyl (C=O) groups is 2. The smallest absolute Gasteiger partial charge is 0.293 e. The van der Waals surface area contributed by atoms with Gasteiger partial charge in [-0.1, -0.05) is 48.5 Å². The van der Waals surface area contributed by atoms with Gasteiger partial charge in [-0.05, 0) is 57.0 Å². The minimum atomic E-state index is -0.532. The number of methoxy groups -OCH3 is 1. The Bertz CT molecular complexity index is 1330. The van der Waals surface area contributed by atoms with Gasteiger partial charge in [0.2, 0.25) is 0 Å². The van der Waals surface area contributed by atoms with Crippen LogP contribution in [0.1, 0.15) is 16.7 Å². The topological polar surface area (TPSA) is 99.0 Å². The number of benzene rings is 3. The number of para-hydroxylation sites is 1. The first kappa shape index (κ1) is 24.5. The van der Waals surface area contributed by atoms with Crippen LogP contribution in [0.25, 0.3) is 6.08 Å². The van der Waals surface area contributed by atoms with Crippen molar-refractivity contribution in [1.29, 1.82) is 0 Å². The van der Waals surface area contributed by atoms with Crippen molar-refractivity contribution in [2.75, 3.05) is 7.11 Å². The largest absolute Gasteiger partial charge is 0.493 e. The van der Waals surface area contributed by atoms with E-state index in [0.717, 1.165) is 22.2 Å². The van der Waals surface area contributed by atoms with Gasteiger partial charge in [-0.15, -0.1) is 0 Å². The number of hydrogen-bond acceptors (Lipinski definition) is 7. The molecule has 1 saturated heterocycles. The van der Waals surface area contributed by atoms with Crippen molar-refractivity contribution < 1.29 is 24.0 Å². The van der Waals surface area contributed by atoms with Gasteiger partial charge in [0.1, 0.15) is 6.61 Å². The lowest BCUT2D eigenvalue weighted by Crippen LogP contribution is -2.27. The molecule has 1 aliphatic rings. The summed E-state index contributed by atoms with van der Waals surface area (Å²) >= 11 is 4.28. The van der Waals surface area contributed by atoms with Crippen molar-refractivity contribution >= 4 is 50.6 Å². The summed E-state index contributed by atoms with van der Waals surface area (Å²) in [7, 11) is 1.52. The molecule has 2 amide bonds. The molecule has 0 bridgehead atoms. The molecule has 0 aliphatic carbocycles. The van der Waals surface area contributed by atoms with Crippen LogP contribution in [0.5, 0.6) is 11.5 Å². The van der Waals surface area contributed by atoms with E-state index in [1.807, 2.05) is 30.3 Å². The van der Waals surface area contributed by atoms with Crippen LogP contribution in [-0.2, 0) is 17.9 Å². The number of amides is 2. The molecule has 0 atom stereocenters. The van der Waals surface area contributed by atoms with Gasteiger partial charge < -0.3 is 9.47 Å². The van der Waals surface area contributed by atoms with E-state index in [1.54, 1.807) is 24.3 Å². The number of nitro groups is 1. The zero-order valence-corrected chi connectivity index (χ0v) is 20.9. The molecule has 0 aromatic heterocycles. The minimum Gasteiger partial charge on any atom is -0.493 e. The van der Waals surface area contributed by atoms with E-state index >= 15 is 0 Å². The van der Waals surface area contributed by atoms with Crippen molar-refractivity contribution in [2.45, 2.75) is 13.2 Å². The number of rotatable bonds is 8. The van der Waals surface area contributed by atoms with Crippen molar-refractivity contribution in [2.24, 2.45) is 0 Å². The summed E-state index contributed by atoms with van der Waals surface area (Å²) in [5.41, 5.74) is 1.76. The Kier molecular flexibility index (Phi) is 7.52. The van der Waals surface area contributed by atoms with Crippen molar-refractivity contribution in [3.8, 4) is 11.5 Å². The Morgan fingerprint density at radius 1 is 1.09 bits per heavy atom. The van der Waals surface area contributed by atoms with E-state index in [0.29, 0.717) is 28.1 Å². The molecule has 8 nitrogen and oxygen atoms in total. The van der Waals surface area contributed by atoms with E-state index in [2.05, 4.69) is 15.9 Å². The predicted octanol–water partition coefficient (Wildman–Crippen LogP) is 6.18. The van der Waals surface area contributed by atoms with Gasteiger partial charge in [0.05, 0.1) is 28.0 Å². The average molecular weight is 555 g/mol. The van der Waals surface area contributed by atoms with E-state index in [1.165, 1.54) is 25.3 Å². The molecule has 0 N–H and O–H groups in total. The summed E-state index contributed by atoms with van der Waals surface area (Å²) < 4.78 is 12.0. The number of imide groups is 1. The molecular formula is C25H19BrN2O6S. The molecule has 0 spiro atoms. The predicted molar refractivity (Wildman–Crippen MR) is 136 cm³/mol. The van der Waals surface area contributed by atoms with E-state index in [9.17, 15) is 19.7 Å². The second kappa shape index (κ2) is 10.7. The number of ether oxygens (including phenoxy) is 2. The van der Waals surface area contributed by atoms with Gasteiger partial charge in [0.25, 0.3) is 16.8 Å². The number of nitrogens with zero attached hydrogens (tertiary/aromatic N) is 2. The number of nitro benzene ring substituents is 1. The molecule has 0 saturated carbocycles. The van der Waals surface area contributed by atoms with Crippen LogP contribution in [0, 0.1) is 10.1 Å². The molecule has 0 radical (unpaired) electrons. The zero-order valence-electron chi connectivity index (χ0n) is 18.5. The molecule has 3 aromatic rings. The number of halogens is 1. The maximum Gasteiger partial charge on any atom is 0.293 e. The van der Waals surface area contributed by atoms with Crippen LogP contribution in [0.2, 0.25) is 0 Å². The number of hydrogen-bond donors (Lipinski definition) is 0. The third-order valence-corrected chi connectivity index (χ3v) is 6.66. The van der Waals surface area contributed by atoms with E-state index < -0.39 is 16.1 Å². The van der Waals surface area contributed by atoms with E-state index in [-0.39, 0.29) is 22.7 Å². The fourth-order valence-corrected chi connectivity index (χ4v) is 4.89. The highest BCUT2D eigenvalue weighted by atomic mass is 79.9. The fourth-order valence-electron chi connectivity index (χ4n) is 3.47. The van der Waals surface area contributed by atoms with Crippen LogP contribution < -0.4 is 9.47 Å². The standard InChI is InChI=1S/C25H19BrN2O6S/c1-33-21-12-17(11-19(26)23(21)34-15-16-7-3-2-4-8-16)13-22-24(29)27(25(30)35-22)14-18-9-5-6-10-20(18)28(31)32/h2-13H,14-15H2,1H3/b22-13-. The molecule has 35 heavy (non-hydrogen) atoms. The maximum atomic E-state index is 12.9. The van der Waals surface area contributed by atoms with Gasteiger partial charge in [-0.3, -0.25) is 24.6 Å². The molecular weight excluding hydrogens is 536 g/mol. The maximum absolute atomic E-state index is 12.9. The lowest BCUT2D eigenvalue weighted by atomic mass is 10.1. The molecule has 1 fully saturated rings. The second-order valence-corrected chi connectivity index (χ2v) is 9.31. The van der Waals surface area contributed by atoms with Gasteiger partial charge in [0, 0.05) is 11.6 Å². The quantitative estimate of drug-likeness (QED) is 0.186. The summed E-state index contributed by atoms with van der Waals surface area (Å²) in [5.74, 6) is 0.455. The summed E-state index contributed by atoms with van der Waals surface area (Å²) in [6, 6.07) is 19.2.